The summed E-state index contributed by atoms with van der Waals surface area (Å²) in [5.74, 6) is -1.23. The Labute approximate surface area is 167 Å². The standard InChI is InChI=1S/C22H20FN3O3/c23-15-4-3-5-17-19(15)22(8-1-2-9-22)12-26(17)21(29)13-6-7-14-16(10-13)25-18(27)11-24-20(14)28/h3-7,10H,1-2,8-9,11-12H2,(H,24,28)(H,25,27). The number of amides is 3. The first kappa shape index (κ1) is 17.8. The summed E-state index contributed by atoms with van der Waals surface area (Å²) in [7, 11) is 0. The predicted octanol–water partition coefficient (Wildman–Crippen LogP) is 2.98. The molecule has 2 aliphatic heterocycles. The Hall–Kier alpha value is -3.22. The van der Waals surface area contributed by atoms with E-state index in [-0.39, 0.29) is 35.5 Å². The van der Waals surface area contributed by atoms with Gasteiger partial charge in [0.25, 0.3) is 11.8 Å². The molecule has 0 radical (unpaired) electrons. The molecule has 148 valence electrons. The van der Waals surface area contributed by atoms with E-state index in [9.17, 15) is 18.8 Å². The van der Waals surface area contributed by atoms with Crippen LogP contribution < -0.4 is 15.5 Å². The summed E-state index contributed by atoms with van der Waals surface area (Å²) in [4.78, 5) is 39.0. The molecule has 2 N–H and O–H groups in total. The molecule has 3 amide bonds. The summed E-state index contributed by atoms with van der Waals surface area (Å²) in [6.45, 7) is 0.337. The van der Waals surface area contributed by atoms with Gasteiger partial charge in [0.2, 0.25) is 5.91 Å². The Morgan fingerprint density at radius 1 is 1.10 bits per heavy atom. The number of nitrogens with one attached hydrogen (secondary N) is 2. The Kier molecular flexibility index (Phi) is 3.94. The van der Waals surface area contributed by atoms with E-state index < -0.39 is 0 Å². The second-order valence-corrected chi connectivity index (χ2v) is 8.00. The largest absolute Gasteiger partial charge is 0.343 e. The molecular formula is C22H20FN3O3. The fourth-order valence-corrected chi connectivity index (χ4v) is 4.96. The van der Waals surface area contributed by atoms with Crippen molar-refractivity contribution in [3.05, 3.63) is 58.9 Å². The summed E-state index contributed by atoms with van der Waals surface area (Å²) in [6, 6.07) is 9.53. The van der Waals surface area contributed by atoms with Crippen LogP contribution in [0.25, 0.3) is 0 Å². The smallest absolute Gasteiger partial charge is 0.258 e. The number of halogens is 1. The molecule has 7 heteroatoms. The van der Waals surface area contributed by atoms with E-state index in [1.54, 1.807) is 23.1 Å². The number of benzene rings is 2. The minimum Gasteiger partial charge on any atom is -0.343 e. The third-order valence-electron chi connectivity index (χ3n) is 6.27. The zero-order chi connectivity index (χ0) is 20.2. The first-order chi connectivity index (χ1) is 14.0. The average molecular weight is 393 g/mol. The maximum atomic E-state index is 14.8. The predicted molar refractivity (Wildman–Crippen MR) is 106 cm³/mol. The van der Waals surface area contributed by atoms with Gasteiger partial charge in [0, 0.05) is 23.1 Å². The zero-order valence-electron chi connectivity index (χ0n) is 15.8. The van der Waals surface area contributed by atoms with Gasteiger partial charge in [0.15, 0.2) is 0 Å². The fraction of sp³-hybridized carbons (Fsp3) is 0.318. The van der Waals surface area contributed by atoms with Gasteiger partial charge in [0.1, 0.15) is 5.82 Å². The minimum atomic E-state index is -0.365. The molecule has 2 aromatic rings. The van der Waals surface area contributed by atoms with Crippen LogP contribution in [-0.4, -0.2) is 30.8 Å². The third-order valence-corrected chi connectivity index (χ3v) is 6.27. The SMILES string of the molecule is O=C1CNC(=O)c2ccc(C(=O)N3CC4(CCCC4)c4c(F)cccc43)cc2N1. The molecule has 2 heterocycles. The summed E-state index contributed by atoms with van der Waals surface area (Å²) < 4.78 is 14.8. The molecule has 1 fully saturated rings. The summed E-state index contributed by atoms with van der Waals surface area (Å²) >= 11 is 0. The molecule has 0 bridgehead atoms. The zero-order valence-corrected chi connectivity index (χ0v) is 15.8. The highest BCUT2D eigenvalue weighted by Gasteiger charge is 2.48. The Balaban J connectivity index is 1.55. The van der Waals surface area contributed by atoms with Crippen molar-refractivity contribution in [2.24, 2.45) is 0 Å². The molecule has 5 rings (SSSR count). The molecule has 1 spiro atoms. The van der Waals surface area contributed by atoms with E-state index >= 15 is 0 Å². The second kappa shape index (κ2) is 6.40. The van der Waals surface area contributed by atoms with Crippen molar-refractivity contribution in [2.75, 3.05) is 23.3 Å². The number of carbonyl (C=O) groups excluding carboxylic acids is 3. The van der Waals surface area contributed by atoms with Crippen molar-refractivity contribution >= 4 is 29.1 Å². The lowest BCUT2D eigenvalue weighted by atomic mass is 9.80. The third kappa shape index (κ3) is 2.72. The lowest BCUT2D eigenvalue weighted by molar-refractivity contribution is -0.115. The maximum absolute atomic E-state index is 14.8. The van der Waals surface area contributed by atoms with Crippen LogP contribution in [0.5, 0.6) is 0 Å². The van der Waals surface area contributed by atoms with Crippen molar-refractivity contribution in [1.82, 2.24) is 5.32 Å². The maximum Gasteiger partial charge on any atom is 0.258 e. The number of nitrogens with zero attached hydrogens (tertiary/aromatic N) is 1. The average Bonchev–Trinajstić information content (AvgIpc) is 3.28. The lowest BCUT2D eigenvalue weighted by Crippen LogP contribution is -2.35. The van der Waals surface area contributed by atoms with Crippen molar-refractivity contribution in [2.45, 2.75) is 31.1 Å². The Morgan fingerprint density at radius 2 is 1.90 bits per heavy atom. The van der Waals surface area contributed by atoms with Crippen molar-refractivity contribution in [3.8, 4) is 0 Å². The van der Waals surface area contributed by atoms with Gasteiger partial charge in [0.05, 0.1) is 23.5 Å². The first-order valence-corrected chi connectivity index (χ1v) is 9.81. The Bertz CT molecular complexity index is 1060. The molecule has 0 unspecified atom stereocenters. The molecule has 0 atom stereocenters. The number of anilines is 2. The van der Waals surface area contributed by atoms with Gasteiger partial charge in [-0.1, -0.05) is 18.9 Å². The summed E-state index contributed by atoms with van der Waals surface area (Å²) in [5, 5.41) is 5.18. The van der Waals surface area contributed by atoms with E-state index in [2.05, 4.69) is 10.6 Å². The number of hydrogen-bond donors (Lipinski definition) is 2. The van der Waals surface area contributed by atoms with E-state index in [4.69, 9.17) is 0 Å². The molecule has 0 aromatic heterocycles. The summed E-state index contributed by atoms with van der Waals surface area (Å²) in [6.07, 6.45) is 3.78. The molecule has 6 nitrogen and oxygen atoms in total. The molecule has 2 aromatic carbocycles. The number of carbonyl (C=O) groups is 3. The molecular weight excluding hydrogens is 373 g/mol. The number of rotatable bonds is 1. The highest BCUT2D eigenvalue weighted by Crippen LogP contribution is 2.51. The van der Waals surface area contributed by atoms with Gasteiger partial charge in [-0.05, 0) is 43.2 Å². The van der Waals surface area contributed by atoms with Crippen LogP contribution in [0.2, 0.25) is 0 Å². The monoisotopic (exact) mass is 393 g/mol. The van der Waals surface area contributed by atoms with Crippen LogP contribution in [0.15, 0.2) is 36.4 Å². The number of fused-ring (bicyclic) bond motifs is 3. The van der Waals surface area contributed by atoms with Gasteiger partial charge < -0.3 is 15.5 Å². The van der Waals surface area contributed by atoms with Gasteiger partial charge in [-0.2, -0.15) is 0 Å². The van der Waals surface area contributed by atoms with Crippen LogP contribution in [0.4, 0.5) is 15.8 Å². The van der Waals surface area contributed by atoms with Crippen molar-refractivity contribution in [3.63, 3.8) is 0 Å². The van der Waals surface area contributed by atoms with Crippen molar-refractivity contribution in [1.29, 1.82) is 0 Å². The van der Waals surface area contributed by atoms with E-state index in [1.165, 1.54) is 18.2 Å². The van der Waals surface area contributed by atoms with Gasteiger partial charge in [-0.25, -0.2) is 4.39 Å². The van der Waals surface area contributed by atoms with Crippen LogP contribution in [0.1, 0.15) is 52.0 Å². The minimum absolute atomic E-state index is 0.113. The van der Waals surface area contributed by atoms with Gasteiger partial charge in [-0.15, -0.1) is 0 Å². The fourth-order valence-electron chi connectivity index (χ4n) is 4.96. The van der Waals surface area contributed by atoms with E-state index in [0.29, 0.717) is 34.6 Å². The van der Waals surface area contributed by atoms with E-state index in [1.807, 2.05) is 0 Å². The van der Waals surface area contributed by atoms with Gasteiger partial charge in [-0.3, -0.25) is 14.4 Å². The molecule has 1 aliphatic carbocycles. The topological polar surface area (TPSA) is 78.5 Å². The molecule has 0 saturated heterocycles. The lowest BCUT2D eigenvalue weighted by Gasteiger charge is -2.25. The van der Waals surface area contributed by atoms with Crippen LogP contribution >= 0.6 is 0 Å². The summed E-state index contributed by atoms with van der Waals surface area (Å²) in [5.41, 5.74) is 1.92. The van der Waals surface area contributed by atoms with Crippen LogP contribution in [0, 0.1) is 5.82 Å². The second-order valence-electron chi connectivity index (χ2n) is 8.00. The van der Waals surface area contributed by atoms with E-state index in [0.717, 1.165) is 25.7 Å². The highest BCUT2D eigenvalue weighted by atomic mass is 19.1. The van der Waals surface area contributed by atoms with Crippen LogP contribution in [-0.2, 0) is 10.2 Å². The highest BCUT2D eigenvalue weighted by molar-refractivity contribution is 6.12. The number of hydrogen-bond acceptors (Lipinski definition) is 3. The normalized spacial score (nSPS) is 19.4. The Morgan fingerprint density at radius 3 is 2.69 bits per heavy atom. The van der Waals surface area contributed by atoms with Crippen molar-refractivity contribution < 1.29 is 18.8 Å². The quantitative estimate of drug-likeness (QED) is 0.782. The van der Waals surface area contributed by atoms with Gasteiger partial charge >= 0.3 is 0 Å². The first-order valence-electron chi connectivity index (χ1n) is 9.81. The molecule has 29 heavy (non-hydrogen) atoms. The molecule has 3 aliphatic rings. The van der Waals surface area contributed by atoms with Crippen LogP contribution in [0.3, 0.4) is 0 Å². The molecule has 1 saturated carbocycles.